The van der Waals surface area contributed by atoms with Crippen molar-refractivity contribution in [2.24, 2.45) is 0 Å². The van der Waals surface area contributed by atoms with Gasteiger partial charge in [0.1, 0.15) is 10.4 Å². The highest BCUT2D eigenvalue weighted by Crippen LogP contribution is 2.31. The second kappa shape index (κ2) is 7.47. The van der Waals surface area contributed by atoms with Crippen molar-refractivity contribution in [3.63, 3.8) is 0 Å². The van der Waals surface area contributed by atoms with E-state index in [0.29, 0.717) is 4.34 Å². The van der Waals surface area contributed by atoms with Gasteiger partial charge in [-0.05, 0) is 17.7 Å². The van der Waals surface area contributed by atoms with Crippen LogP contribution in [0.2, 0.25) is 8.67 Å². The Labute approximate surface area is 157 Å². The molecule has 3 aromatic rings. The van der Waals surface area contributed by atoms with Gasteiger partial charge in [0.05, 0.1) is 17.0 Å². The maximum atomic E-state index is 12.4. The average Bonchev–Trinajstić information content (AvgIpc) is 3.16. The molecule has 3 rings (SSSR count). The van der Waals surface area contributed by atoms with Crippen molar-refractivity contribution in [2.75, 3.05) is 7.11 Å². The molecular weight excluding hydrogens is 383 g/mol. The number of methoxy groups -OCH3 is 1. The monoisotopic (exact) mass is 396 g/mol. The number of halogens is 2. The van der Waals surface area contributed by atoms with E-state index in [4.69, 9.17) is 27.9 Å². The third-order valence-corrected chi connectivity index (χ3v) is 5.28. The van der Waals surface area contributed by atoms with E-state index in [1.54, 1.807) is 0 Å². The smallest absolute Gasteiger partial charge is 0.328 e. The molecular formula is C17H14Cl2N2O3S. The Morgan fingerprint density at radius 2 is 2.08 bits per heavy atom. The van der Waals surface area contributed by atoms with Gasteiger partial charge in [-0.1, -0.05) is 41.4 Å². The van der Waals surface area contributed by atoms with E-state index in [2.05, 4.69) is 10.3 Å². The van der Waals surface area contributed by atoms with Gasteiger partial charge in [0.25, 0.3) is 5.91 Å². The number of hydrogen-bond donors (Lipinski definition) is 2. The summed E-state index contributed by atoms with van der Waals surface area (Å²) in [5.41, 5.74) is 2.10. The van der Waals surface area contributed by atoms with E-state index >= 15 is 0 Å². The van der Waals surface area contributed by atoms with Crippen molar-refractivity contribution in [3.05, 3.63) is 56.3 Å². The number of ether oxygens (including phenoxy) is 1. The highest BCUT2D eigenvalue weighted by Gasteiger charge is 2.25. The van der Waals surface area contributed by atoms with Crippen LogP contribution >= 0.6 is 34.5 Å². The molecule has 0 bridgehead atoms. The molecule has 130 valence electrons. The first-order valence-corrected chi connectivity index (χ1v) is 8.95. The van der Waals surface area contributed by atoms with Crippen LogP contribution in [0.25, 0.3) is 10.9 Å². The lowest BCUT2D eigenvalue weighted by molar-refractivity contribution is -0.142. The van der Waals surface area contributed by atoms with Gasteiger partial charge < -0.3 is 15.0 Å². The molecule has 0 aliphatic rings. The fourth-order valence-corrected chi connectivity index (χ4v) is 4.05. The van der Waals surface area contributed by atoms with Crippen LogP contribution in [0.5, 0.6) is 0 Å². The number of fused-ring (bicyclic) bond motifs is 1. The zero-order valence-electron chi connectivity index (χ0n) is 13.1. The number of nitrogens with one attached hydrogen (secondary N) is 2. The van der Waals surface area contributed by atoms with Gasteiger partial charge >= 0.3 is 5.97 Å². The van der Waals surface area contributed by atoms with Crippen LogP contribution in [0.15, 0.2) is 36.5 Å². The first-order chi connectivity index (χ1) is 12.0. The number of rotatable bonds is 5. The molecule has 0 fully saturated rings. The van der Waals surface area contributed by atoms with Gasteiger partial charge in [0.15, 0.2) is 0 Å². The Balaban J connectivity index is 1.84. The molecule has 5 nitrogen and oxygen atoms in total. The number of carbonyl (C=O) groups excluding carboxylic acids is 2. The van der Waals surface area contributed by atoms with Gasteiger partial charge in [0.2, 0.25) is 0 Å². The molecule has 0 radical (unpaired) electrons. The fourth-order valence-electron chi connectivity index (χ4n) is 2.59. The second-order valence-corrected chi connectivity index (χ2v) is 7.64. The summed E-state index contributed by atoms with van der Waals surface area (Å²) in [6.07, 6.45) is 2.11. The number of aromatic amines is 1. The molecule has 1 unspecified atom stereocenters. The Kier molecular flexibility index (Phi) is 5.32. The van der Waals surface area contributed by atoms with E-state index in [1.807, 2.05) is 30.5 Å². The largest absolute Gasteiger partial charge is 0.467 e. The minimum Gasteiger partial charge on any atom is -0.467 e. The molecule has 2 heterocycles. The second-order valence-electron chi connectivity index (χ2n) is 5.35. The maximum Gasteiger partial charge on any atom is 0.328 e. The molecule has 1 atom stereocenters. The molecule has 1 amide bonds. The van der Waals surface area contributed by atoms with Crippen molar-refractivity contribution in [1.29, 1.82) is 0 Å². The van der Waals surface area contributed by atoms with Crippen LogP contribution in [0.3, 0.4) is 0 Å². The van der Waals surface area contributed by atoms with Crippen molar-refractivity contribution < 1.29 is 14.3 Å². The minimum atomic E-state index is -0.841. The molecule has 8 heteroatoms. The number of esters is 1. The topological polar surface area (TPSA) is 71.2 Å². The number of para-hydroxylation sites is 1. The third kappa shape index (κ3) is 3.81. The number of amides is 1. The molecule has 0 aliphatic carbocycles. The van der Waals surface area contributed by atoms with Gasteiger partial charge in [-0.2, -0.15) is 0 Å². The quantitative estimate of drug-likeness (QED) is 0.638. The highest BCUT2D eigenvalue weighted by atomic mass is 35.5. The highest BCUT2D eigenvalue weighted by molar-refractivity contribution is 7.20. The summed E-state index contributed by atoms with van der Waals surface area (Å²) in [6, 6.07) is 8.36. The maximum absolute atomic E-state index is 12.4. The van der Waals surface area contributed by atoms with Gasteiger partial charge in [-0.15, -0.1) is 11.3 Å². The summed E-state index contributed by atoms with van der Waals surface area (Å²) in [4.78, 5) is 27.7. The van der Waals surface area contributed by atoms with Gasteiger partial charge in [0, 0.05) is 23.5 Å². The molecule has 25 heavy (non-hydrogen) atoms. The number of benzene rings is 1. The summed E-state index contributed by atoms with van der Waals surface area (Å²) in [5.74, 6) is -1.00. The van der Waals surface area contributed by atoms with Crippen LogP contribution in [0.1, 0.15) is 15.9 Å². The van der Waals surface area contributed by atoms with Crippen LogP contribution in [-0.2, 0) is 16.0 Å². The Morgan fingerprint density at radius 1 is 1.32 bits per heavy atom. The van der Waals surface area contributed by atoms with Gasteiger partial charge in [-0.25, -0.2) is 4.79 Å². The normalized spacial score (nSPS) is 12.1. The van der Waals surface area contributed by atoms with E-state index in [1.165, 1.54) is 13.2 Å². The van der Waals surface area contributed by atoms with Crippen LogP contribution in [0.4, 0.5) is 0 Å². The lowest BCUT2D eigenvalue weighted by Crippen LogP contribution is -2.43. The minimum absolute atomic E-state index is 0.240. The van der Waals surface area contributed by atoms with Crippen LogP contribution in [-0.4, -0.2) is 30.0 Å². The summed E-state index contributed by atoms with van der Waals surface area (Å²) in [5, 5.41) is 3.67. The number of thiophene rings is 1. The number of aromatic nitrogens is 1. The zero-order valence-corrected chi connectivity index (χ0v) is 15.5. The van der Waals surface area contributed by atoms with E-state index in [0.717, 1.165) is 27.8 Å². The van der Waals surface area contributed by atoms with E-state index in [9.17, 15) is 9.59 Å². The summed E-state index contributed by atoms with van der Waals surface area (Å²) >= 11 is 13.0. The molecule has 2 aromatic heterocycles. The van der Waals surface area contributed by atoms with Crippen LogP contribution < -0.4 is 5.32 Å². The molecule has 0 saturated carbocycles. The lowest BCUT2D eigenvalue weighted by Gasteiger charge is -2.16. The summed E-state index contributed by atoms with van der Waals surface area (Å²) < 4.78 is 5.51. The Morgan fingerprint density at radius 3 is 2.76 bits per heavy atom. The first kappa shape index (κ1) is 17.8. The predicted molar refractivity (Wildman–Crippen MR) is 99.6 cm³/mol. The number of hydrogen-bond acceptors (Lipinski definition) is 4. The predicted octanol–water partition coefficient (Wildman–Crippen LogP) is 4.05. The standard InChI is InChI=1S/C17H14Cl2N2O3S/c1-24-17(23)13(21-16(22)11-7-14(18)25-15(11)19)6-9-8-20-12-5-3-2-4-10(9)12/h2-5,7-8,13,20H,6H2,1H3,(H,21,22). The van der Waals surface area contributed by atoms with Gasteiger partial charge in [-0.3, -0.25) is 4.79 Å². The Bertz CT molecular complexity index is 935. The lowest BCUT2D eigenvalue weighted by atomic mass is 10.0. The average molecular weight is 397 g/mol. The molecule has 1 aromatic carbocycles. The van der Waals surface area contributed by atoms with Crippen molar-refractivity contribution in [2.45, 2.75) is 12.5 Å². The molecule has 0 spiro atoms. The number of H-pyrrole nitrogens is 1. The summed E-state index contributed by atoms with van der Waals surface area (Å²) in [6.45, 7) is 0. The first-order valence-electron chi connectivity index (χ1n) is 7.38. The SMILES string of the molecule is COC(=O)C(Cc1c[nH]c2ccccc12)NC(=O)c1cc(Cl)sc1Cl. The number of carbonyl (C=O) groups is 2. The third-order valence-electron chi connectivity index (χ3n) is 3.79. The van der Waals surface area contributed by atoms with Crippen molar-refractivity contribution >= 4 is 57.3 Å². The molecule has 2 N–H and O–H groups in total. The Hall–Kier alpha value is -2.02. The summed E-state index contributed by atoms with van der Waals surface area (Å²) in [7, 11) is 1.28. The molecule has 0 aliphatic heterocycles. The fraction of sp³-hybridized carbons (Fsp3) is 0.176. The van der Waals surface area contributed by atoms with Crippen molar-refractivity contribution in [3.8, 4) is 0 Å². The van der Waals surface area contributed by atoms with E-state index < -0.39 is 17.9 Å². The zero-order chi connectivity index (χ0) is 18.0. The van der Waals surface area contributed by atoms with Crippen LogP contribution in [0, 0.1) is 0 Å². The van der Waals surface area contributed by atoms with E-state index in [-0.39, 0.29) is 16.3 Å². The molecule has 0 saturated heterocycles. The van der Waals surface area contributed by atoms with Crippen molar-refractivity contribution in [1.82, 2.24) is 10.3 Å².